The monoisotopic (exact) mass is 136 g/mol. The van der Waals surface area contributed by atoms with Gasteiger partial charge in [0.05, 0.1) is 0 Å². The number of rotatable bonds is 1. The predicted molar refractivity (Wildman–Crippen MR) is 42.5 cm³/mol. The lowest BCUT2D eigenvalue weighted by molar-refractivity contribution is 0.258. The third-order valence-electron chi connectivity index (χ3n) is 3.34. The van der Waals surface area contributed by atoms with Crippen LogP contribution < -0.4 is 0 Å². The van der Waals surface area contributed by atoms with Crippen LogP contribution in [0.4, 0.5) is 0 Å². The van der Waals surface area contributed by atoms with E-state index < -0.39 is 0 Å². The van der Waals surface area contributed by atoms with Gasteiger partial charge in [0.15, 0.2) is 0 Å². The lowest BCUT2D eigenvalue weighted by Crippen LogP contribution is -2.15. The molecule has 0 amide bonds. The van der Waals surface area contributed by atoms with E-state index in [2.05, 4.69) is 20.3 Å². The van der Waals surface area contributed by atoms with Crippen molar-refractivity contribution in [3.63, 3.8) is 0 Å². The van der Waals surface area contributed by atoms with Gasteiger partial charge in [0.25, 0.3) is 0 Å². The molecule has 0 aliphatic heterocycles. The molecule has 0 heterocycles. The van der Waals surface area contributed by atoms with Crippen molar-refractivity contribution in [2.45, 2.75) is 39.5 Å². The normalized spacial score (nSPS) is 45.3. The predicted octanol–water partition coefficient (Wildman–Crippen LogP) is 2.91. The largest absolute Gasteiger partial charge is 0.0622 e. The molecule has 0 nitrogen and oxygen atoms in total. The highest BCUT2D eigenvalue weighted by atomic mass is 14.6. The Labute approximate surface area is 64.0 Å². The molecule has 0 aromatic heterocycles. The Bertz CT molecular complexity index is 137. The van der Waals surface area contributed by atoms with Crippen LogP contribution in [0, 0.1) is 23.7 Å². The summed E-state index contributed by atoms with van der Waals surface area (Å²) in [5, 5.41) is 0. The second-order valence-electron chi connectivity index (χ2n) is 4.14. The van der Waals surface area contributed by atoms with E-state index in [-0.39, 0.29) is 0 Å². The van der Waals surface area contributed by atoms with Crippen molar-refractivity contribution in [3.8, 4) is 0 Å². The lowest BCUT2D eigenvalue weighted by atomic mass is 9.80. The first-order valence-corrected chi connectivity index (χ1v) is 4.53. The molecule has 2 aliphatic carbocycles. The molecule has 0 saturated heterocycles. The van der Waals surface area contributed by atoms with E-state index in [1.165, 1.54) is 25.7 Å². The maximum Gasteiger partial charge on any atom is -0.00604 e. The average molecular weight is 136 g/mol. The Morgan fingerprint density at radius 2 is 2.20 bits per heavy atom. The second-order valence-corrected chi connectivity index (χ2v) is 4.14. The number of hydrogen-bond acceptors (Lipinski definition) is 0. The molecule has 2 atom stereocenters. The fourth-order valence-electron chi connectivity index (χ4n) is 2.48. The minimum atomic E-state index is 0.595. The van der Waals surface area contributed by atoms with E-state index in [4.69, 9.17) is 0 Å². The summed E-state index contributed by atoms with van der Waals surface area (Å²) in [5.41, 5.74) is 0.595. The molecule has 10 heavy (non-hydrogen) atoms. The van der Waals surface area contributed by atoms with Crippen LogP contribution in [-0.4, -0.2) is 0 Å². The lowest BCUT2D eigenvalue weighted by Gasteiger charge is -2.25. The molecule has 0 aromatic carbocycles. The third kappa shape index (κ3) is 0.741. The second kappa shape index (κ2) is 1.99. The molecular weight excluding hydrogens is 120 g/mol. The maximum atomic E-state index is 3.64. The van der Waals surface area contributed by atoms with Crippen LogP contribution in [0.5, 0.6) is 0 Å². The first-order valence-electron chi connectivity index (χ1n) is 4.53. The van der Waals surface area contributed by atoms with Gasteiger partial charge in [-0.15, -0.1) is 0 Å². The van der Waals surface area contributed by atoms with Gasteiger partial charge in [-0.2, -0.15) is 0 Å². The summed E-state index contributed by atoms with van der Waals surface area (Å²) in [6, 6.07) is 0. The molecule has 0 aromatic rings. The van der Waals surface area contributed by atoms with Crippen LogP contribution in [0.15, 0.2) is 0 Å². The fraction of sp³-hybridized carbons (Fsp3) is 0.900. The van der Waals surface area contributed by atoms with Gasteiger partial charge >= 0.3 is 0 Å². The molecule has 0 N–H and O–H groups in total. The minimum absolute atomic E-state index is 0.595. The van der Waals surface area contributed by atoms with Crippen LogP contribution in [0.25, 0.3) is 0 Å². The highest BCUT2D eigenvalue weighted by Crippen LogP contribution is 2.64. The summed E-state index contributed by atoms with van der Waals surface area (Å²) in [6.45, 7) is 4.69. The van der Waals surface area contributed by atoms with Crippen LogP contribution in [0.1, 0.15) is 39.5 Å². The Morgan fingerprint density at radius 1 is 1.40 bits per heavy atom. The van der Waals surface area contributed by atoms with Crippen molar-refractivity contribution in [3.05, 3.63) is 6.42 Å². The summed E-state index contributed by atoms with van der Waals surface area (Å²) in [4.78, 5) is 0. The van der Waals surface area contributed by atoms with Crippen LogP contribution in [0.2, 0.25) is 0 Å². The molecule has 0 heteroatoms. The van der Waals surface area contributed by atoms with Crippen molar-refractivity contribution < 1.29 is 0 Å². The molecular formula is C10H16. The van der Waals surface area contributed by atoms with E-state index in [0.29, 0.717) is 5.41 Å². The molecule has 2 rings (SSSR count). The van der Waals surface area contributed by atoms with E-state index in [9.17, 15) is 0 Å². The molecule has 2 unspecified atom stereocenters. The van der Waals surface area contributed by atoms with Gasteiger partial charge in [0.1, 0.15) is 0 Å². The van der Waals surface area contributed by atoms with E-state index in [0.717, 1.165) is 11.8 Å². The zero-order chi connectivity index (χ0) is 7.19. The molecule has 0 bridgehead atoms. The van der Waals surface area contributed by atoms with Gasteiger partial charge in [-0.3, -0.25) is 0 Å². The highest BCUT2D eigenvalue weighted by molar-refractivity contribution is 5.20. The molecule has 2 radical (unpaired) electrons. The van der Waals surface area contributed by atoms with Crippen molar-refractivity contribution >= 4 is 0 Å². The Morgan fingerprint density at radius 3 is 2.70 bits per heavy atom. The molecule has 2 saturated carbocycles. The van der Waals surface area contributed by atoms with Gasteiger partial charge < -0.3 is 0 Å². The van der Waals surface area contributed by atoms with Gasteiger partial charge in [-0.05, 0) is 36.5 Å². The highest BCUT2D eigenvalue weighted by Gasteiger charge is 2.56. The number of hydrogen-bond donors (Lipinski definition) is 0. The van der Waals surface area contributed by atoms with E-state index in [1.807, 2.05) is 0 Å². The smallest absolute Gasteiger partial charge is 0.00604 e. The minimum Gasteiger partial charge on any atom is -0.0622 e. The fourth-order valence-corrected chi connectivity index (χ4v) is 2.48. The first kappa shape index (κ1) is 6.69. The maximum absolute atomic E-state index is 3.64. The van der Waals surface area contributed by atoms with Crippen LogP contribution in [-0.2, 0) is 0 Å². The summed E-state index contributed by atoms with van der Waals surface area (Å²) in [5.74, 6) is 1.74. The third-order valence-corrected chi connectivity index (χ3v) is 3.34. The van der Waals surface area contributed by atoms with Gasteiger partial charge in [0.2, 0.25) is 0 Å². The van der Waals surface area contributed by atoms with Crippen LogP contribution in [0.3, 0.4) is 0 Å². The average Bonchev–Trinajstić information content (AvgIpc) is 2.61. The van der Waals surface area contributed by atoms with Crippen molar-refractivity contribution in [2.75, 3.05) is 0 Å². The van der Waals surface area contributed by atoms with Gasteiger partial charge in [-0.1, -0.05) is 26.7 Å². The van der Waals surface area contributed by atoms with E-state index >= 15 is 0 Å². The van der Waals surface area contributed by atoms with Crippen molar-refractivity contribution in [1.82, 2.24) is 0 Å². The molecule has 56 valence electrons. The van der Waals surface area contributed by atoms with Gasteiger partial charge in [-0.25, -0.2) is 0 Å². The summed E-state index contributed by atoms with van der Waals surface area (Å²) < 4.78 is 0. The molecule has 0 spiro atoms. The van der Waals surface area contributed by atoms with Crippen LogP contribution >= 0.6 is 0 Å². The quantitative estimate of drug-likeness (QED) is 0.520. The topological polar surface area (TPSA) is 0 Å². The number of fused-ring (bicyclic) bond motifs is 1. The Hall–Kier alpha value is 0. The summed E-state index contributed by atoms with van der Waals surface area (Å²) in [7, 11) is 0. The zero-order valence-corrected chi connectivity index (χ0v) is 6.98. The SMILES string of the molecule is CC(C)C12[C]C1CCCC2. The van der Waals surface area contributed by atoms with Crippen molar-refractivity contribution in [1.29, 1.82) is 0 Å². The summed E-state index contributed by atoms with van der Waals surface area (Å²) >= 11 is 0. The Kier molecular flexibility index (Phi) is 1.33. The van der Waals surface area contributed by atoms with Gasteiger partial charge in [0, 0.05) is 0 Å². The Balaban J connectivity index is 2.05. The molecule has 2 aliphatic rings. The standard InChI is InChI=1S/C10H16/c1-8(2)10-6-4-3-5-9(10)7-10/h8-9H,3-6H2,1-2H3. The summed E-state index contributed by atoms with van der Waals surface area (Å²) in [6.07, 6.45) is 9.39. The zero-order valence-electron chi connectivity index (χ0n) is 6.98. The van der Waals surface area contributed by atoms with E-state index in [1.54, 1.807) is 0 Å². The van der Waals surface area contributed by atoms with Crippen molar-refractivity contribution in [2.24, 2.45) is 17.3 Å². The first-order chi connectivity index (χ1) is 4.76. The molecule has 2 fully saturated rings.